The van der Waals surface area contributed by atoms with E-state index in [0.717, 1.165) is 37.0 Å². The molecule has 0 bridgehead atoms. The van der Waals surface area contributed by atoms with Gasteiger partial charge in [-0.15, -0.1) is 0 Å². The smallest absolute Gasteiger partial charge is 0.326 e. The zero-order valence-electron chi connectivity index (χ0n) is 16.1. The number of fused-ring (bicyclic) bond motifs is 1. The van der Waals surface area contributed by atoms with Gasteiger partial charge in [0.2, 0.25) is 0 Å². The monoisotopic (exact) mass is 401 g/mol. The third kappa shape index (κ3) is 4.79. The molecule has 29 heavy (non-hydrogen) atoms. The molecule has 1 aliphatic carbocycles. The van der Waals surface area contributed by atoms with Gasteiger partial charge in [-0.2, -0.15) is 0 Å². The Balaban J connectivity index is 1.47. The summed E-state index contributed by atoms with van der Waals surface area (Å²) in [7, 11) is 0. The van der Waals surface area contributed by atoms with Crippen molar-refractivity contribution in [1.29, 1.82) is 0 Å². The van der Waals surface area contributed by atoms with Gasteiger partial charge in [0.25, 0.3) is 17.7 Å². The lowest BCUT2D eigenvalue weighted by Gasteiger charge is -2.23. The van der Waals surface area contributed by atoms with Crippen LogP contribution in [-0.2, 0) is 14.3 Å². The number of carbonyl (C=O) groups excluding carboxylic acids is 5. The molecule has 9 heteroatoms. The Labute approximate surface area is 167 Å². The van der Waals surface area contributed by atoms with Crippen molar-refractivity contribution in [1.82, 2.24) is 15.5 Å². The highest BCUT2D eigenvalue weighted by molar-refractivity contribution is 6.22. The maximum absolute atomic E-state index is 12.3. The largest absolute Gasteiger partial charge is 0.451 e. The van der Waals surface area contributed by atoms with E-state index in [-0.39, 0.29) is 17.2 Å². The predicted octanol–water partition coefficient (Wildman–Crippen LogP) is 1.37. The number of amides is 5. The van der Waals surface area contributed by atoms with Crippen LogP contribution in [-0.4, -0.2) is 53.3 Å². The average Bonchev–Trinajstić information content (AvgIpc) is 2.93. The molecule has 1 heterocycles. The van der Waals surface area contributed by atoms with E-state index >= 15 is 0 Å². The molecule has 0 aromatic heterocycles. The summed E-state index contributed by atoms with van der Waals surface area (Å²) >= 11 is 0. The van der Waals surface area contributed by atoms with Crippen LogP contribution in [0.3, 0.4) is 0 Å². The molecule has 9 nitrogen and oxygen atoms in total. The highest BCUT2D eigenvalue weighted by Gasteiger charge is 2.37. The molecular weight excluding hydrogens is 378 g/mol. The van der Waals surface area contributed by atoms with Crippen LogP contribution >= 0.6 is 0 Å². The second-order valence-corrected chi connectivity index (χ2v) is 7.17. The normalized spacial score (nSPS) is 17.5. The molecule has 2 aliphatic rings. The maximum Gasteiger partial charge on any atom is 0.326 e. The van der Waals surface area contributed by atoms with Crippen LogP contribution in [0, 0.1) is 0 Å². The first-order valence-corrected chi connectivity index (χ1v) is 9.63. The van der Waals surface area contributed by atoms with Gasteiger partial charge >= 0.3 is 12.0 Å². The molecule has 0 saturated heterocycles. The van der Waals surface area contributed by atoms with E-state index in [0.29, 0.717) is 0 Å². The summed E-state index contributed by atoms with van der Waals surface area (Å²) < 4.78 is 4.98. The summed E-state index contributed by atoms with van der Waals surface area (Å²) in [5.41, 5.74) is 0.436. The number of esters is 1. The Morgan fingerprint density at radius 2 is 1.66 bits per heavy atom. The number of carbonyl (C=O) groups is 5. The molecular formula is C20H23N3O6. The number of benzene rings is 1. The maximum atomic E-state index is 12.3. The van der Waals surface area contributed by atoms with Gasteiger partial charge in [-0.3, -0.25) is 29.4 Å². The van der Waals surface area contributed by atoms with E-state index in [1.165, 1.54) is 19.1 Å². The average molecular weight is 401 g/mol. The fraction of sp³-hybridized carbons (Fsp3) is 0.450. The molecule has 2 N–H and O–H groups in total. The molecule has 0 radical (unpaired) electrons. The minimum Gasteiger partial charge on any atom is -0.451 e. The van der Waals surface area contributed by atoms with Crippen LogP contribution in [0.1, 0.15) is 59.7 Å². The van der Waals surface area contributed by atoms with Crippen molar-refractivity contribution in [2.75, 3.05) is 6.54 Å². The highest BCUT2D eigenvalue weighted by atomic mass is 16.5. The second-order valence-electron chi connectivity index (χ2n) is 7.17. The first-order valence-electron chi connectivity index (χ1n) is 9.63. The fourth-order valence-corrected chi connectivity index (χ4v) is 3.48. The van der Waals surface area contributed by atoms with Gasteiger partial charge < -0.3 is 10.1 Å². The van der Waals surface area contributed by atoms with Crippen molar-refractivity contribution >= 4 is 29.7 Å². The number of ether oxygens (including phenoxy) is 1. The third-order valence-corrected chi connectivity index (χ3v) is 5.02. The van der Waals surface area contributed by atoms with Crippen LogP contribution in [0.4, 0.5) is 4.79 Å². The molecule has 1 aliphatic heterocycles. The van der Waals surface area contributed by atoms with Crippen molar-refractivity contribution in [3.8, 4) is 0 Å². The van der Waals surface area contributed by atoms with Crippen LogP contribution in [0.2, 0.25) is 0 Å². The minimum absolute atomic E-state index is 0.0308. The first-order chi connectivity index (χ1) is 13.9. The van der Waals surface area contributed by atoms with Crippen molar-refractivity contribution in [2.45, 2.75) is 51.2 Å². The minimum atomic E-state index is -1.25. The van der Waals surface area contributed by atoms with E-state index in [4.69, 9.17) is 4.74 Å². The van der Waals surface area contributed by atoms with Gasteiger partial charge in [-0.1, -0.05) is 31.4 Å². The van der Waals surface area contributed by atoms with Crippen molar-refractivity contribution in [2.24, 2.45) is 0 Å². The topological polar surface area (TPSA) is 122 Å². The Kier molecular flexibility index (Phi) is 6.26. The van der Waals surface area contributed by atoms with Gasteiger partial charge in [0.15, 0.2) is 6.10 Å². The van der Waals surface area contributed by atoms with E-state index < -0.39 is 42.4 Å². The number of imide groups is 2. The van der Waals surface area contributed by atoms with Gasteiger partial charge in [0, 0.05) is 6.04 Å². The van der Waals surface area contributed by atoms with Crippen LogP contribution in [0.15, 0.2) is 24.3 Å². The molecule has 3 rings (SSSR count). The van der Waals surface area contributed by atoms with Crippen molar-refractivity contribution in [3.05, 3.63) is 35.4 Å². The highest BCUT2D eigenvalue weighted by Crippen LogP contribution is 2.22. The van der Waals surface area contributed by atoms with E-state index in [2.05, 4.69) is 10.6 Å². The Morgan fingerprint density at radius 1 is 1.07 bits per heavy atom. The summed E-state index contributed by atoms with van der Waals surface area (Å²) in [4.78, 5) is 61.4. The first kappa shape index (κ1) is 20.5. The lowest BCUT2D eigenvalue weighted by molar-refractivity contribution is -0.154. The van der Waals surface area contributed by atoms with E-state index in [1.54, 1.807) is 12.1 Å². The lowest BCUT2D eigenvalue weighted by atomic mass is 9.96. The number of hydrogen-bond donors (Lipinski definition) is 2. The zero-order valence-corrected chi connectivity index (χ0v) is 16.1. The molecule has 1 atom stereocenters. The number of urea groups is 1. The quantitative estimate of drug-likeness (QED) is 0.568. The van der Waals surface area contributed by atoms with E-state index in [9.17, 15) is 24.0 Å². The van der Waals surface area contributed by atoms with Gasteiger partial charge in [-0.25, -0.2) is 4.79 Å². The number of nitrogens with one attached hydrogen (secondary N) is 2. The molecule has 0 unspecified atom stereocenters. The summed E-state index contributed by atoms with van der Waals surface area (Å²) in [6.07, 6.45) is 3.68. The second kappa shape index (κ2) is 8.85. The zero-order chi connectivity index (χ0) is 21.0. The molecule has 1 saturated carbocycles. The standard InChI is InChI=1S/C20H23N3O6/c1-12(17(25)22-20(28)21-13-7-3-2-4-8-13)29-16(24)11-23-18(26)14-9-5-6-10-15(14)19(23)27/h5-6,9-10,12-13H,2-4,7-8,11H2,1H3,(H2,21,22,25,28)/t12-/m0/s1. The van der Waals surface area contributed by atoms with Crippen molar-refractivity contribution < 1.29 is 28.7 Å². The van der Waals surface area contributed by atoms with Gasteiger partial charge in [0.1, 0.15) is 6.54 Å². The summed E-state index contributed by atoms with van der Waals surface area (Å²) in [6.45, 7) is 0.696. The Hall–Kier alpha value is -3.23. The molecule has 1 aromatic rings. The van der Waals surface area contributed by atoms with Gasteiger partial charge in [0.05, 0.1) is 11.1 Å². The van der Waals surface area contributed by atoms with E-state index in [1.807, 2.05) is 0 Å². The molecule has 0 spiro atoms. The van der Waals surface area contributed by atoms with Gasteiger partial charge in [-0.05, 0) is 31.9 Å². The Morgan fingerprint density at radius 3 is 2.24 bits per heavy atom. The SMILES string of the molecule is C[C@H](OC(=O)CN1C(=O)c2ccccc2C1=O)C(=O)NC(=O)NC1CCCCC1. The molecule has 5 amide bonds. The lowest BCUT2D eigenvalue weighted by Crippen LogP contribution is -2.48. The number of hydrogen-bond acceptors (Lipinski definition) is 6. The number of nitrogens with zero attached hydrogens (tertiary/aromatic N) is 1. The molecule has 154 valence electrons. The van der Waals surface area contributed by atoms with Crippen molar-refractivity contribution in [3.63, 3.8) is 0 Å². The Bertz CT molecular complexity index is 811. The van der Waals surface area contributed by atoms with Crippen LogP contribution < -0.4 is 10.6 Å². The molecule has 1 aromatic carbocycles. The number of rotatable bonds is 5. The summed E-state index contributed by atoms with van der Waals surface area (Å²) in [5.74, 6) is -2.89. The van der Waals surface area contributed by atoms with Crippen LogP contribution in [0.5, 0.6) is 0 Å². The summed E-state index contributed by atoms with van der Waals surface area (Å²) in [6, 6.07) is 5.64. The fourth-order valence-electron chi connectivity index (χ4n) is 3.48. The molecule has 1 fully saturated rings. The predicted molar refractivity (Wildman–Crippen MR) is 101 cm³/mol. The van der Waals surface area contributed by atoms with Crippen LogP contribution in [0.25, 0.3) is 0 Å². The third-order valence-electron chi connectivity index (χ3n) is 5.02. The summed E-state index contributed by atoms with van der Waals surface area (Å²) in [5, 5.41) is 4.87.